The summed E-state index contributed by atoms with van der Waals surface area (Å²) >= 11 is 0. The normalized spacial score (nSPS) is 19.3. The van der Waals surface area contributed by atoms with Gasteiger partial charge in [0.1, 0.15) is 18.1 Å². The number of aliphatic hydroxyl groups is 1. The quantitative estimate of drug-likeness (QED) is 0.174. The van der Waals surface area contributed by atoms with E-state index in [1.807, 2.05) is 0 Å². The highest BCUT2D eigenvalue weighted by molar-refractivity contribution is 5.93. The number of hydrogen-bond acceptors (Lipinski definition) is 7. The number of nitrogens with two attached hydrogens (primary N) is 1. The fourth-order valence-corrected chi connectivity index (χ4v) is 2.80. The lowest BCUT2D eigenvalue weighted by Gasteiger charge is -2.23. The maximum Gasteiger partial charge on any atom is 0.328 e. The first kappa shape index (κ1) is 23.8. The molecule has 1 rings (SSSR count). The summed E-state index contributed by atoms with van der Waals surface area (Å²) in [4.78, 5) is 47.9. The smallest absolute Gasteiger partial charge is 0.328 e. The Kier molecular flexibility index (Phi) is 10.4. The summed E-state index contributed by atoms with van der Waals surface area (Å²) in [6.07, 6.45) is 3.00. The maximum absolute atomic E-state index is 12.4. The zero-order chi connectivity index (χ0) is 21.1. The molecule has 1 aliphatic heterocycles. The van der Waals surface area contributed by atoms with Crippen molar-refractivity contribution >= 4 is 23.7 Å². The number of aliphatic hydroxyl groups excluding tert-OH is 1. The predicted molar refractivity (Wildman–Crippen MR) is 100 cm³/mol. The van der Waals surface area contributed by atoms with Crippen LogP contribution in [-0.2, 0) is 19.2 Å². The second kappa shape index (κ2) is 12.3. The van der Waals surface area contributed by atoms with E-state index in [0.29, 0.717) is 25.8 Å². The number of hydrogen-bond donors (Lipinski definition) is 7. The monoisotopic (exact) mass is 401 g/mol. The van der Waals surface area contributed by atoms with Crippen molar-refractivity contribution in [1.29, 1.82) is 0 Å². The maximum atomic E-state index is 12.4. The van der Waals surface area contributed by atoms with E-state index >= 15 is 0 Å². The third kappa shape index (κ3) is 7.79. The standard InChI is InChI=1S/C17H31N5O6/c1-10(20-15(25)11-6-4-8-19-11)14(24)21-12(5-2-3-7-18)16(26)22-13(9-23)17(27)28/h10-13,19,23H,2-9,18H2,1H3,(H,20,25)(H,21,24)(H,22,26)(H,27,28)/t10-,11-,12-,13-/m0/s1. The molecule has 0 unspecified atom stereocenters. The molecule has 1 saturated heterocycles. The van der Waals surface area contributed by atoms with Crippen LogP contribution in [0.5, 0.6) is 0 Å². The van der Waals surface area contributed by atoms with Gasteiger partial charge in [-0.05, 0) is 52.1 Å². The van der Waals surface area contributed by atoms with Crippen molar-refractivity contribution in [3.05, 3.63) is 0 Å². The van der Waals surface area contributed by atoms with Crippen LogP contribution in [0.2, 0.25) is 0 Å². The Labute approximate surface area is 163 Å². The number of amides is 3. The molecular weight excluding hydrogens is 370 g/mol. The summed E-state index contributed by atoms with van der Waals surface area (Å²) in [5.74, 6) is -2.94. The van der Waals surface area contributed by atoms with E-state index in [4.69, 9.17) is 15.9 Å². The van der Waals surface area contributed by atoms with Crippen molar-refractivity contribution in [3.8, 4) is 0 Å². The van der Waals surface area contributed by atoms with Gasteiger partial charge in [0.15, 0.2) is 0 Å². The first-order chi connectivity index (χ1) is 13.3. The molecule has 1 fully saturated rings. The van der Waals surface area contributed by atoms with Crippen molar-refractivity contribution in [1.82, 2.24) is 21.3 Å². The zero-order valence-corrected chi connectivity index (χ0v) is 16.1. The minimum Gasteiger partial charge on any atom is -0.480 e. The molecule has 11 nitrogen and oxygen atoms in total. The number of rotatable bonds is 12. The molecule has 4 atom stereocenters. The van der Waals surface area contributed by atoms with Crippen molar-refractivity contribution < 1.29 is 29.4 Å². The average molecular weight is 401 g/mol. The van der Waals surface area contributed by atoms with Gasteiger partial charge in [0, 0.05) is 0 Å². The SMILES string of the molecule is C[C@H](NC(=O)[C@@H]1CCCN1)C(=O)N[C@@H](CCCCN)C(=O)N[C@@H](CO)C(=O)O. The van der Waals surface area contributed by atoms with Gasteiger partial charge in [0.05, 0.1) is 12.6 Å². The van der Waals surface area contributed by atoms with E-state index in [-0.39, 0.29) is 18.4 Å². The van der Waals surface area contributed by atoms with Crippen molar-refractivity contribution in [2.75, 3.05) is 19.7 Å². The van der Waals surface area contributed by atoms with Crippen molar-refractivity contribution in [2.24, 2.45) is 5.73 Å². The molecule has 0 aromatic rings. The van der Waals surface area contributed by atoms with E-state index < -0.39 is 42.5 Å². The topological polar surface area (TPSA) is 183 Å². The van der Waals surface area contributed by atoms with Crippen molar-refractivity contribution in [2.45, 2.75) is 63.2 Å². The number of carbonyl (C=O) groups excluding carboxylic acids is 3. The van der Waals surface area contributed by atoms with E-state index in [1.165, 1.54) is 6.92 Å². The van der Waals surface area contributed by atoms with Gasteiger partial charge in [-0.25, -0.2) is 4.79 Å². The number of unbranched alkanes of at least 4 members (excludes halogenated alkanes) is 1. The lowest BCUT2D eigenvalue weighted by molar-refractivity contribution is -0.143. The van der Waals surface area contributed by atoms with Gasteiger partial charge in [-0.2, -0.15) is 0 Å². The van der Waals surface area contributed by atoms with Gasteiger partial charge >= 0.3 is 5.97 Å². The summed E-state index contributed by atoms with van der Waals surface area (Å²) in [7, 11) is 0. The third-order valence-corrected chi connectivity index (χ3v) is 4.51. The summed E-state index contributed by atoms with van der Waals surface area (Å²) in [5.41, 5.74) is 5.44. The highest BCUT2D eigenvalue weighted by atomic mass is 16.4. The molecule has 1 aliphatic rings. The van der Waals surface area contributed by atoms with Crippen LogP contribution in [0.4, 0.5) is 0 Å². The van der Waals surface area contributed by atoms with Gasteiger partial charge in [0.25, 0.3) is 0 Å². The summed E-state index contributed by atoms with van der Waals surface area (Å²) in [5, 5.41) is 28.4. The Balaban J connectivity index is 2.66. The second-order valence-electron chi connectivity index (χ2n) is 6.81. The van der Waals surface area contributed by atoms with Gasteiger partial charge in [0.2, 0.25) is 17.7 Å². The molecule has 160 valence electrons. The second-order valence-corrected chi connectivity index (χ2v) is 6.81. The average Bonchev–Trinajstić information content (AvgIpc) is 3.19. The van der Waals surface area contributed by atoms with Gasteiger partial charge < -0.3 is 37.2 Å². The molecule has 0 radical (unpaired) electrons. The number of carbonyl (C=O) groups is 4. The number of carboxylic acids is 1. The first-order valence-electron chi connectivity index (χ1n) is 9.48. The Hall–Kier alpha value is -2.24. The van der Waals surface area contributed by atoms with Crippen LogP contribution in [0, 0.1) is 0 Å². The molecule has 8 N–H and O–H groups in total. The first-order valence-corrected chi connectivity index (χ1v) is 9.48. The minimum atomic E-state index is -1.47. The van der Waals surface area contributed by atoms with Crippen LogP contribution < -0.4 is 27.0 Å². The van der Waals surface area contributed by atoms with Gasteiger partial charge in [-0.15, -0.1) is 0 Å². The largest absolute Gasteiger partial charge is 0.480 e. The number of aliphatic carboxylic acids is 1. The van der Waals surface area contributed by atoms with Crippen LogP contribution in [0.3, 0.4) is 0 Å². The summed E-state index contributed by atoms with van der Waals surface area (Å²) in [6.45, 7) is 1.89. The molecule has 11 heteroatoms. The Morgan fingerprint density at radius 3 is 2.32 bits per heavy atom. The Bertz CT molecular complexity index is 552. The van der Waals surface area contributed by atoms with Gasteiger partial charge in [-0.1, -0.05) is 0 Å². The highest BCUT2D eigenvalue weighted by Crippen LogP contribution is 2.06. The van der Waals surface area contributed by atoms with Crippen LogP contribution in [-0.4, -0.2) is 77.8 Å². The van der Waals surface area contributed by atoms with E-state index in [0.717, 1.165) is 13.0 Å². The molecule has 0 aromatic heterocycles. The fraction of sp³-hybridized carbons (Fsp3) is 0.765. The summed E-state index contributed by atoms with van der Waals surface area (Å²) in [6, 6.07) is -3.67. The molecule has 0 aliphatic carbocycles. The lowest BCUT2D eigenvalue weighted by Crippen LogP contribution is -2.56. The van der Waals surface area contributed by atoms with Gasteiger partial charge in [-0.3, -0.25) is 14.4 Å². The number of carboxylic acid groups (broad SMARTS) is 1. The predicted octanol–water partition coefficient (Wildman–Crippen LogP) is -2.58. The molecular formula is C17H31N5O6. The van der Waals surface area contributed by atoms with Crippen LogP contribution in [0.15, 0.2) is 0 Å². The Morgan fingerprint density at radius 1 is 1.11 bits per heavy atom. The number of nitrogens with one attached hydrogen (secondary N) is 4. The highest BCUT2D eigenvalue weighted by Gasteiger charge is 2.29. The lowest BCUT2D eigenvalue weighted by atomic mass is 10.1. The molecule has 1 heterocycles. The molecule has 0 aromatic carbocycles. The fourth-order valence-electron chi connectivity index (χ4n) is 2.80. The van der Waals surface area contributed by atoms with Crippen LogP contribution in [0.1, 0.15) is 39.0 Å². The summed E-state index contributed by atoms with van der Waals surface area (Å²) < 4.78 is 0. The molecule has 3 amide bonds. The third-order valence-electron chi connectivity index (χ3n) is 4.51. The van der Waals surface area contributed by atoms with Crippen LogP contribution >= 0.6 is 0 Å². The van der Waals surface area contributed by atoms with E-state index in [2.05, 4.69) is 21.3 Å². The van der Waals surface area contributed by atoms with Crippen molar-refractivity contribution in [3.63, 3.8) is 0 Å². The minimum absolute atomic E-state index is 0.247. The molecule has 0 saturated carbocycles. The van der Waals surface area contributed by atoms with E-state index in [9.17, 15) is 19.2 Å². The van der Waals surface area contributed by atoms with Crippen LogP contribution in [0.25, 0.3) is 0 Å². The Morgan fingerprint density at radius 2 is 1.79 bits per heavy atom. The molecule has 0 spiro atoms. The zero-order valence-electron chi connectivity index (χ0n) is 16.1. The molecule has 0 bridgehead atoms. The molecule has 28 heavy (non-hydrogen) atoms. The van der Waals surface area contributed by atoms with E-state index in [1.54, 1.807) is 0 Å².